The van der Waals surface area contributed by atoms with Gasteiger partial charge in [0.15, 0.2) is 5.96 Å². The van der Waals surface area contributed by atoms with Crippen molar-refractivity contribution in [2.24, 2.45) is 4.99 Å². The van der Waals surface area contributed by atoms with Crippen LogP contribution in [0.1, 0.15) is 39.2 Å². The van der Waals surface area contributed by atoms with Gasteiger partial charge in [0.05, 0.1) is 0 Å². The molecule has 1 aromatic carbocycles. The van der Waals surface area contributed by atoms with Gasteiger partial charge in [0.25, 0.3) is 0 Å². The number of nitrogens with one attached hydrogen (secondary N) is 2. The third-order valence-electron chi connectivity index (χ3n) is 5.42. The van der Waals surface area contributed by atoms with Crippen LogP contribution in [0.3, 0.4) is 0 Å². The molecule has 0 aliphatic carbocycles. The first kappa shape index (κ1) is 24.2. The first-order valence-electron chi connectivity index (χ1n) is 10.1. The number of benzene rings is 1. The SMILES string of the molecule is CCN(CC)CCNC(=NC)NC1CCN(Cc2ccccc2)C(C)C1.I. The van der Waals surface area contributed by atoms with Crippen LogP contribution in [-0.4, -0.2) is 67.6 Å². The van der Waals surface area contributed by atoms with Gasteiger partial charge in [0, 0.05) is 45.3 Å². The molecule has 1 aliphatic heterocycles. The Kier molecular flexibility index (Phi) is 11.9. The van der Waals surface area contributed by atoms with Gasteiger partial charge in [0.2, 0.25) is 0 Å². The number of likely N-dealkylation sites (N-methyl/N-ethyl adjacent to an activating group) is 1. The lowest BCUT2D eigenvalue weighted by atomic mass is 9.97. The molecule has 0 aromatic heterocycles. The highest BCUT2D eigenvalue weighted by Crippen LogP contribution is 2.19. The van der Waals surface area contributed by atoms with Gasteiger partial charge in [-0.25, -0.2) is 0 Å². The molecule has 1 fully saturated rings. The van der Waals surface area contributed by atoms with Gasteiger partial charge in [-0.1, -0.05) is 44.2 Å². The van der Waals surface area contributed by atoms with Gasteiger partial charge in [-0.3, -0.25) is 9.89 Å². The average Bonchev–Trinajstić information content (AvgIpc) is 2.67. The predicted molar refractivity (Wildman–Crippen MR) is 127 cm³/mol. The molecular formula is C21H38IN5. The van der Waals surface area contributed by atoms with Gasteiger partial charge >= 0.3 is 0 Å². The van der Waals surface area contributed by atoms with E-state index in [2.05, 4.69) is 76.5 Å². The van der Waals surface area contributed by atoms with Crippen molar-refractivity contribution in [1.29, 1.82) is 0 Å². The number of hydrogen-bond donors (Lipinski definition) is 2. The van der Waals surface area contributed by atoms with Gasteiger partial charge in [-0.05, 0) is 38.4 Å². The Balaban J connectivity index is 0.00000364. The van der Waals surface area contributed by atoms with E-state index < -0.39 is 0 Å². The standard InChI is InChI=1S/C21H37N5.HI/c1-5-25(6-2)15-13-23-21(22-4)24-20-12-14-26(18(3)16-20)17-19-10-8-7-9-11-19;/h7-11,18,20H,5-6,12-17H2,1-4H3,(H2,22,23,24);1H. The van der Waals surface area contributed by atoms with Crippen LogP contribution in [0.2, 0.25) is 0 Å². The highest BCUT2D eigenvalue weighted by Gasteiger charge is 2.25. The lowest BCUT2D eigenvalue weighted by molar-refractivity contribution is 0.134. The molecule has 2 unspecified atom stereocenters. The van der Waals surface area contributed by atoms with Crippen molar-refractivity contribution in [2.75, 3.05) is 39.8 Å². The topological polar surface area (TPSA) is 42.9 Å². The second-order valence-corrected chi connectivity index (χ2v) is 7.20. The molecule has 0 radical (unpaired) electrons. The molecule has 0 amide bonds. The summed E-state index contributed by atoms with van der Waals surface area (Å²) in [6.45, 7) is 13.1. The molecule has 1 aliphatic rings. The molecule has 154 valence electrons. The first-order chi connectivity index (χ1) is 12.7. The van der Waals surface area contributed by atoms with Crippen molar-refractivity contribution < 1.29 is 0 Å². The number of hydrogen-bond acceptors (Lipinski definition) is 3. The summed E-state index contributed by atoms with van der Waals surface area (Å²) in [5.41, 5.74) is 1.40. The Hall–Kier alpha value is -0.860. The molecule has 2 N–H and O–H groups in total. The van der Waals surface area contributed by atoms with E-state index >= 15 is 0 Å². The molecule has 0 spiro atoms. The maximum absolute atomic E-state index is 4.40. The third kappa shape index (κ3) is 8.35. The van der Waals surface area contributed by atoms with E-state index in [9.17, 15) is 0 Å². The molecule has 1 saturated heterocycles. The third-order valence-corrected chi connectivity index (χ3v) is 5.42. The number of likely N-dealkylation sites (tertiary alicyclic amines) is 1. The van der Waals surface area contributed by atoms with Crippen LogP contribution in [-0.2, 0) is 6.54 Å². The van der Waals surface area contributed by atoms with Crippen LogP contribution >= 0.6 is 24.0 Å². The van der Waals surface area contributed by atoms with Gasteiger partial charge in [0.1, 0.15) is 0 Å². The Morgan fingerprint density at radius 3 is 2.52 bits per heavy atom. The molecule has 0 saturated carbocycles. The summed E-state index contributed by atoms with van der Waals surface area (Å²) in [6.07, 6.45) is 2.32. The highest BCUT2D eigenvalue weighted by atomic mass is 127. The summed E-state index contributed by atoms with van der Waals surface area (Å²) in [4.78, 5) is 9.41. The average molecular weight is 487 g/mol. The smallest absolute Gasteiger partial charge is 0.191 e. The van der Waals surface area contributed by atoms with Crippen molar-refractivity contribution in [3.63, 3.8) is 0 Å². The summed E-state index contributed by atoms with van der Waals surface area (Å²) in [5, 5.41) is 7.09. The second kappa shape index (κ2) is 13.3. The summed E-state index contributed by atoms with van der Waals surface area (Å²) in [7, 11) is 1.86. The van der Waals surface area contributed by atoms with Crippen LogP contribution < -0.4 is 10.6 Å². The quantitative estimate of drug-likeness (QED) is 0.336. The Labute approximate surface area is 183 Å². The summed E-state index contributed by atoms with van der Waals surface area (Å²) in [6, 6.07) is 11.9. The molecule has 2 rings (SSSR count). The number of piperidine rings is 1. The fourth-order valence-electron chi connectivity index (χ4n) is 3.66. The molecule has 5 nitrogen and oxygen atoms in total. The van der Waals surface area contributed by atoms with Crippen molar-refractivity contribution in [2.45, 2.75) is 52.2 Å². The van der Waals surface area contributed by atoms with E-state index in [4.69, 9.17) is 0 Å². The fraction of sp³-hybridized carbons (Fsp3) is 0.667. The Morgan fingerprint density at radius 2 is 1.93 bits per heavy atom. The first-order valence-corrected chi connectivity index (χ1v) is 10.1. The Morgan fingerprint density at radius 1 is 1.22 bits per heavy atom. The molecular weight excluding hydrogens is 449 g/mol. The molecule has 2 atom stereocenters. The van der Waals surface area contributed by atoms with Crippen molar-refractivity contribution in [3.8, 4) is 0 Å². The zero-order valence-electron chi connectivity index (χ0n) is 17.4. The number of nitrogens with zero attached hydrogens (tertiary/aromatic N) is 3. The van der Waals surface area contributed by atoms with Crippen LogP contribution in [0, 0.1) is 0 Å². The summed E-state index contributed by atoms with van der Waals surface area (Å²) < 4.78 is 0. The van der Waals surface area contributed by atoms with Crippen LogP contribution in [0.25, 0.3) is 0 Å². The lowest BCUT2D eigenvalue weighted by Gasteiger charge is -2.38. The number of halogens is 1. The van der Waals surface area contributed by atoms with Crippen molar-refractivity contribution >= 4 is 29.9 Å². The zero-order chi connectivity index (χ0) is 18.8. The normalized spacial score (nSPS) is 21.0. The predicted octanol–water partition coefficient (Wildman–Crippen LogP) is 3.16. The highest BCUT2D eigenvalue weighted by molar-refractivity contribution is 14.0. The maximum atomic E-state index is 4.40. The molecule has 6 heteroatoms. The minimum absolute atomic E-state index is 0. The van der Waals surface area contributed by atoms with Crippen LogP contribution in [0.15, 0.2) is 35.3 Å². The van der Waals surface area contributed by atoms with Gasteiger partial charge in [-0.2, -0.15) is 0 Å². The van der Waals surface area contributed by atoms with E-state index in [1.54, 1.807) is 0 Å². The second-order valence-electron chi connectivity index (χ2n) is 7.20. The minimum Gasteiger partial charge on any atom is -0.355 e. The summed E-state index contributed by atoms with van der Waals surface area (Å²) in [5.74, 6) is 0.936. The van der Waals surface area contributed by atoms with E-state index in [1.165, 1.54) is 5.56 Å². The van der Waals surface area contributed by atoms with Crippen molar-refractivity contribution in [1.82, 2.24) is 20.4 Å². The zero-order valence-corrected chi connectivity index (χ0v) is 19.8. The van der Waals surface area contributed by atoms with Gasteiger partial charge in [-0.15, -0.1) is 24.0 Å². The monoisotopic (exact) mass is 487 g/mol. The lowest BCUT2D eigenvalue weighted by Crippen LogP contribution is -2.52. The number of rotatable bonds is 8. The fourth-order valence-corrected chi connectivity index (χ4v) is 3.66. The minimum atomic E-state index is 0. The van der Waals surface area contributed by atoms with Gasteiger partial charge < -0.3 is 15.5 Å². The number of guanidine groups is 1. The van der Waals surface area contributed by atoms with Crippen LogP contribution in [0.4, 0.5) is 0 Å². The molecule has 1 aromatic rings. The molecule has 27 heavy (non-hydrogen) atoms. The maximum Gasteiger partial charge on any atom is 0.191 e. The molecule has 1 heterocycles. The Bertz CT molecular complexity index is 533. The number of aliphatic imine (C=N–C) groups is 1. The van der Waals surface area contributed by atoms with Crippen LogP contribution in [0.5, 0.6) is 0 Å². The molecule has 0 bridgehead atoms. The van der Waals surface area contributed by atoms with E-state index in [0.717, 1.165) is 58.1 Å². The van der Waals surface area contributed by atoms with Crippen molar-refractivity contribution in [3.05, 3.63) is 35.9 Å². The van der Waals surface area contributed by atoms with E-state index in [-0.39, 0.29) is 24.0 Å². The largest absolute Gasteiger partial charge is 0.355 e. The van der Waals surface area contributed by atoms with E-state index in [0.29, 0.717) is 12.1 Å². The summed E-state index contributed by atoms with van der Waals surface area (Å²) >= 11 is 0. The van der Waals surface area contributed by atoms with E-state index in [1.807, 2.05) is 7.05 Å².